The molecule has 0 aromatic heterocycles. The number of hydrogen-bond donors (Lipinski definition) is 2. The third kappa shape index (κ3) is 5.12. The van der Waals surface area contributed by atoms with Crippen LogP contribution in [0, 0.1) is 0 Å². The molecule has 1 aliphatic rings. The summed E-state index contributed by atoms with van der Waals surface area (Å²) in [7, 11) is 1.75. The molecule has 0 aliphatic carbocycles. The Morgan fingerprint density at radius 3 is 2.57 bits per heavy atom. The van der Waals surface area contributed by atoms with Crippen LogP contribution < -0.4 is 10.5 Å². The van der Waals surface area contributed by atoms with Crippen LogP contribution in [0.2, 0.25) is 0 Å². The van der Waals surface area contributed by atoms with Crippen LogP contribution in [0.15, 0.2) is 53.5 Å². The van der Waals surface area contributed by atoms with Gasteiger partial charge in [0.2, 0.25) is 0 Å². The fraction of sp³-hybridized carbons (Fsp3) is 0.435. The van der Waals surface area contributed by atoms with E-state index in [1.54, 1.807) is 13.2 Å². The topological polar surface area (TPSA) is 71.1 Å². The largest absolute Gasteiger partial charge is 0.507 e. The minimum Gasteiger partial charge on any atom is -0.507 e. The van der Waals surface area contributed by atoms with Gasteiger partial charge < -0.3 is 20.5 Å². The third-order valence-electron chi connectivity index (χ3n) is 5.48. The number of benzene rings is 2. The summed E-state index contributed by atoms with van der Waals surface area (Å²) in [6, 6.07) is 15.8. The summed E-state index contributed by atoms with van der Waals surface area (Å²) >= 11 is 0. The van der Waals surface area contributed by atoms with Gasteiger partial charge in [-0.25, -0.2) is 0 Å². The summed E-state index contributed by atoms with van der Waals surface area (Å²) in [4.78, 5) is 7.12. The number of likely N-dealkylation sites (tertiary alicyclic amines) is 1. The maximum absolute atomic E-state index is 10.2. The number of para-hydroxylation sites is 2. The van der Waals surface area contributed by atoms with E-state index in [0.29, 0.717) is 19.0 Å². The van der Waals surface area contributed by atoms with Gasteiger partial charge in [0.25, 0.3) is 0 Å². The number of phenols is 1. The molecule has 150 valence electrons. The van der Waals surface area contributed by atoms with Crippen molar-refractivity contribution in [3.63, 3.8) is 0 Å². The van der Waals surface area contributed by atoms with Gasteiger partial charge >= 0.3 is 0 Å². The second-order valence-corrected chi connectivity index (χ2v) is 7.24. The van der Waals surface area contributed by atoms with Gasteiger partial charge in [-0.15, -0.1) is 0 Å². The molecule has 1 fully saturated rings. The van der Waals surface area contributed by atoms with Gasteiger partial charge in [-0.3, -0.25) is 4.99 Å². The van der Waals surface area contributed by atoms with Crippen LogP contribution in [0.1, 0.15) is 36.3 Å². The standard InChI is InChI=1S/C23H31N3O2/c1-28-23-9-5-3-6-19(23)18-10-15-26(16-11-18)17-12-21(25-14-13-24)20-7-2-4-8-22(20)27/h2-9,18,27H,10-17,24H2,1H3. The molecule has 0 spiro atoms. The Kier molecular flexibility index (Phi) is 7.46. The molecule has 1 heterocycles. The first-order valence-electron chi connectivity index (χ1n) is 10.1. The summed E-state index contributed by atoms with van der Waals surface area (Å²) in [6.07, 6.45) is 3.08. The smallest absolute Gasteiger partial charge is 0.124 e. The number of hydrogen-bond acceptors (Lipinski definition) is 5. The molecule has 3 rings (SSSR count). The van der Waals surface area contributed by atoms with Crippen molar-refractivity contribution in [3.05, 3.63) is 59.7 Å². The number of aromatic hydroxyl groups is 1. The van der Waals surface area contributed by atoms with Crippen molar-refractivity contribution in [2.75, 3.05) is 39.8 Å². The summed E-state index contributed by atoms with van der Waals surface area (Å²) in [5, 5.41) is 10.2. The average molecular weight is 382 g/mol. The van der Waals surface area contributed by atoms with Crippen LogP contribution in [-0.2, 0) is 0 Å². The Bertz CT molecular complexity index is 783. The fourth-order valence-corrected chi connectivity index (χ4v) is 3.95. The van der Waals surface area contributed by atoms with Crippen molar-refractivity contribution in [1.82, 2.24) is 4.90 Å². The van der Waals surface area contributed by atoms with E-state index in [4.69, 9.17) is 10.5 Å². The van der Waals surface area contributed by atoms with Gasteiger partial charge in [-0.05, 0) is 55.6 Å². The van der Waals surface area contributed by atoms with E-state index in [9.17, 15) is 5.11 Å². The molecular formula is C23H31N3O2. The van der Waals surface area contributed by atoms with Crippen LogP contribution in [0.5, 0.6) is 11.5 Å². The molecule has 1 saturated heterocycles. The van der Waals surface area contributed by atoms with Gasteiger partial charge in [0.1, 0.15) is 11.5 Å². The van der Waals surface area contributed by atoms with Crippen molar-refractivity contribution in [3.8, 4) is 11.5 Å². The van der Waals surface area contributed by atoms with E-state index in [1.165, 1.54) is 5.56 Å². The molecule has 3 N–H and O–H groups in total. The van der Waals surface area contributed by atoms with Gasteiger partial charge in [0.05, 0.1) is 13.7 Å². The summed E-state index contributed by atoms with van der Waals surface area (Å²) in [5.41, 5.74) is 8.72. The first kappa shape index (κ1) is 20.4. The van der Waals surface area contributed by atoms with E-state index in [0.717, 1.165) is 55.9 Å². The highest BCUT2D eigenvalue weighted by atomic mass is 16.5. The minimum absolute atomic E-state index is 0.285. The lowest BCUT2D eigenvalue weighted by Gasteiger charge is -2.32. The van der Waals surface area contributed by atoms with E-state index in [2.05, 4.69) is 22.0 Å². The average Bonchev–Trinajstić information content (AvgIpc) is 2.75. The highest BCUT2D eigenvalue weighted by Crippen LogP contribution is 2.34. The Morgan fingerprint density at radius 1 is 1.14 bits per heavy atom. The Balaban J connectivity index is 1.58. The summed E-state index contributed by atoms with van der Waals surface area (Å²) in [6.45, 7) is 4.17. The maximum Gasteiger partial charge on any atom is 0.124 e. The van der Waals surface area contributed by atoms with Crippen LogP contribution >= 0.6 is 0 Å². The van der Waals surface area contributed by atoms with Gasteiger partial charge in [0, 0.05) is 30.8 Å². The maximum atomic E-state index is 10.2. The fourth-order valence-electron chi connectivity index (χ4n) is 3.95. The van der Waals surface area contributed by atoms with Crippen molar-refractivity contribution in [2.45, 2.75) is 25.2 Å². The van der Waals surface area contributed by atoms with Crippen molar-refractivity contribution in [1.29, 1.82) is 0 Å². The molecule has 0 bridgehead atoms. The second-order valence-electron chi connectivity index (χ2n) is 7.24. The lowest BCUT2D eigenvalue weighted by molar-refractivity contribution is 0.216. The molecular weight excluding hydrogens is 350 g/mol. The first-order chi connectivity index (χ1) is 13.7. The number of piperidine rings is 1. The number of rotatable bonds is 8. The summed E-state index contributed by atoms with van der Waals surface area (Å²) < 4.78 is 5.54. The monoisotopic (exact) mass is 381 g/mol. The lowest BCUT2D eigenvalue weighted by Crippen LogP contribution is -2.34. The zero-order chi connectivity index (χ0) is 19.8. The SMILES string of the molecule is COc1ccccc1C1CCN(CCC(=NCCN)c2ccccc2O)CC1. The Hall–Kier alpha value is -2.37. The minimum atomic E-state index is 0.285. The first-order valence-corrected chi connectivity index (χ1v) is 10.1. The van der Waals surface area contributed by atoms with E-state index < -0.39 is 0 Å². The normalized spacial score (nSPS) is 16.3. The predicted octanol–water partition coefficient (Wildman–Crippen LogP) is 3.42. The van der Waals surface area contributed by atoms with E-state index in [1.807, 2.05) is 30.3 Å². The Labute approximate surface area is 167 Å². The van der Waals surface area contributed by atoms with Crippen molar-refractivity contribution >= 4 is 5.71 Å². The molecule has 1 aliphatic heterocycles. The van der Waals surface area contributed by atoms with E-state index in [-0.39, 0.29) is 5.75 Å². The van der Waals surface area contributed by atoms with Crippen LogP contribution in [0.4, 0.5) is 0 Å². The molecule has 0 amide bonds. The zero-order valence-electron chi connectivity index (χ0n) is 16.7. The number of phenolic OH excluding ortho intramolecular Hbond substituents is 1. The number of aliphatic imine (C=N–C) groups is 1. The number of methoxy groups -OCH3 is 1. The quantitative estimate of drug-likeness (QED) is 0.688. The van der Waals surface area contributed by atoms with Gasteiger partial charge in [0.15, 0.2) is 0 Å². The summed E-state index contributed by atoms with van der Waals surface area (Å²) in [5.74, 6) is 1.83. The molecule has 2 aromatic rings. The number of ether oxygens (including phenoxy) is 1. The highest BCUT2D eigenvalue weighted by Gasteiger charge is 2.23. The molecule has 28 heavy (non-hydrogen) atoms. The molecule has 0 radical (unpaired) electrons. The van der Waals surface area contributed by atoms with Crippen molar-refractivity contribution in [2.24, 2.45) is 10.7 Å². The molecule has 5 nitrogen and oxygen atoms in total. The van der Waals surface area contributed by atoms with Gasteiger partial charge in [-0.2, -0.15) is 0 Å². The van der Waals surface area contributed by atoms with E-state index >= 15 is 0 Å². The third-order valence-corrected chi connectivity index (χ3v) is 5.48. The number of nitrogens with zero attached hydrogens (tertiary/aromatic N) is 2. The number of nitrogens with two attached hydrogens (primary N) is 1. The second kappa shape index (κ2) is 10.2. The lowest BCUT2D eigenvalue weighted by atomic mass is 9.88. The molecule has 0 atom stereocenters. The van der Waals surface area contributed by atoms with Gasteiger partial charge in [-0.1, -0.05) is 30.3 Å². The zero-order valence-corrected chi connectivity index (χ0v) is 16.7. The molecule has 0 saturated carbocycles. The van der Waals surface area contributed by atoms with Crippen LogP contribution in [0.25, 0.3) is 0 Å². The highest BCUT2D eigenvalue weighted by molar-refractivity contribution is 6.02. The Morgan fingerprint density at radius 2 is 1.86 bits per heavy atom. The van der Waals surface area contributed by atoms with Crippen molar-refractivity contribution < 1.29 is 9.84 Å². The molecule has 2 aromatic carbocycles. The van der Waals surface area contributed by atoms with Crippen LogP contribution in [0.3, 0.4) is 0 Å². The molecule has 0 unspecified atom stereocenters. The van der Waals surface area contributed by atoms with Crippen LogP contribution in [-0.4, -0.2) is 55.6 Å². The molecule has 5 heteroatoms. The predicted molar refractivity (Wildman–Crippen MR) is 115 cm³/mol.